The molecule has 2 aromatic rings. The van der Waals surface area contributed by atoms with E-state index in [0.717, 1.165) is 22.6 Å². The average Bonchev–Trinajstić information content (AvgIpc) is 3.12. The van der Waals surface area contributed by atoms with E-state index >= 15 is 0 Å². The molecule has 0 spiro atoms. The zero-order valence-corrected chi connectivity index (χ0v) is 14.1. The van der Waals surface area contributed by atoms with Crippen LogP contribution in [0.4, 0.5) is 4.79 Å². The van der Waals surface area contributed by atoms with Crippen LogP contribution in [-0.4, -0.2) is 24.8 Å². The summed E-state index contributed by atoms with van der Waals surface area (Å²) in [4.78, 5) is 13.1. The van der Waals surface area contributed by atoms with Crippen LogP contribution in [-0.2, 0) is 0 Å². The molecule has 0 aliphatic carbocycles. The lowest BCUT2D eigenvalue weighted by molar-refractivity contribution is 0.172. The van der Waals surface area contributed by atoms with E-state index in [4.69, 9.17) is 4.74 Å². The van der Waals surface area contributed by atoms with Crippen LogP contribution in [0, 0.1) is 0 Å². The topological polar surface area (TPSA) is 70.6 Å². The van der Waals surface area contributed by atoms with Crippen LogP contribution in [0.25, 0.3) is 0 Å². The van der Waals surface area contributed by atoms with Gasteiger partial charge in [-0.25, -0.2) is 4.79 Å². The van der Waals surface area contributed by atoms with Crippen molar-refractivity contribution in [1.82, 2.24) is 10.6 Å². The number of amides is 2. The van der Waals surface area contributed by atoms with Gasteiger partial charge in [-0.1, -0.05) is 25.1 Å². The fourth-order valence-electron chi connectivity index (χ4n) is 2.21. The number of aliphatic hydroxyl groups excluding tert-OH is 1. The molecule has 0 aliphatic heterocycles. The number of rotatable bonds is 7. The molecule has 0 aliphatic rings. The smallest absolute Gasteiger partial charge is 0.315 e. The molecule has 1 aromatic heterocycles. The number of ether oxygens (including phenoxy) is 1. The summed E-state index contributed by atoms with van der Waals surface area (Å²) in [6, 6.07) is 10.8. The molecule has 6 heteroatoms. The van der Waals surface area contributed by atoms with Crippen LogP contribution >= 0.6 is 11.3 Å². The van der Waals surface area contributed by atoms with Gasteiger partial charge < -0.3 is 20.5 Å². The average molecular weight is 334 g/mol. The predicted octanol–water partition coefficient (Wildman–Crippen LogP) is 3.24. The Morgan fingerprint density at radius 2 is 2.04 bits per heavy atom. The number of aliphatic hydroxyl groups is 1. The van der Waals surface area contributed by atoms with E-state index in [2.05, 4.69) is 10.6 Å². The highest BCUT2D eigenvalue weighted by Crippen LogP contribution is 2.21. The van der Waals surface area contributed by atoms with Crippen LogP contribution in [0.15, 0.2) is 41.8 Å². The van der Waals surface area contributed by atoms with Gasteiger partial charge in [0, 0.05) is 11.4 Å². The second kappa shape index (κ2) is 8.55. The molecule has 0 saturated heterocycles. The third kappa shape index (κ3) is 4.97. The minimum absolute atomic E-state index is 0.00636. The molecule has 1 heterocycles. The Balaban J connectivity index is 1.83. The Hall–Kier alpha value is -2.05. The maximum atomic E-state index is 12.0. The van der Waals surface area contributed by atoms with E-state index in [-0.39, 0.29) is 18.6 Å². The van der Waals surface area contributed by atoms with E-state index in [0.29, 0.717) is 0 Å². The van der Waals surface area contributed by atoms with E-state index in [1.54, 1.807) is 42.7 Å². The summed E-state index contributed by atoms with van der Waals surface area (Å²) in [5, 5.41) is 17.8. The Morgan fingerprint density at radius 1 is 1.30 bits per heavy atom. The zero-order chi connectivity index (χ0) is 16.7. The van der Waals surface area contributed by atoms with Crippen molar-refractivity contribution in [2.45, 2.75) is 25.5 Å². The quantitative estimate of drug-likeness (QED) is 0.728. The summed E-state index contributed by atoms with van der Waals surface area (Å²) < 4.78 is 5.08. The molecule has 2 unspecified atom stereocenters. The second-order valence-electron chi connectivity index (χ2n) is 5.12. The lowest BCUT2D eigenvalue weighted by Crippen LogP contribution is -2.39. The fourth-order valence-corrected chi connectivity index (χ4v) is 3.07. The second-order valence-corrected chi connectivity index (χ2v) is 6.10. The zero-order valence-electron chi connectivity index (χ0n) is 13.3. The standard InChI is InChI=1S/C17H22N2O3S/c1-3-14(16-5-4-10-23-16)19-17(21)18-11-15(20)12-6-8-13(22-2)9-7-12/h4-10,14-15,20H,3,11H2,1-2H3,(H2,18,19,21). The van der Waals surface area contributed by atoms with Gasteiger partial charge in [0.1, 0.15) is 5.75 Å². The Kier molecular flexibility index (Phi) is 6.43. The molecule has 2 atom stereocenters. The van der Waals surface area contributed by atoms with E-state index in [9.17, 15) is 9.90 Å². The number of methoxy groups -OCH3 is 1. The lowest BCUT2D eigenvalue weighted by atomic mass is 10.1. The maximum absolute atomic E-state index is 12.0. The summed E-state index contributed by atoms with van der Waals surface area (Å²) in [5.74, 6) is 0.730. The first-order chi connectivity index (χ1) is 11.1. The van der Waals surface area contributed by atoms with Crippen LogP contribution in [0.1, 0.15) is 35.9 Å². The van der Waals surface area contributed by atoms with Crippen LogP contribution in [0.3, 0.4) is 0 Å². The van der Waals surface area contributed by atoms with Gasteiger partial charge in [0.2, 0.25) is 0 Å². The van der Waals surface area contributed by atoms with Gasteiger partial charge in [-0.15, -0.1) is 11.3 Å². The maximum Gasteiger partial charge on any atom is 0.315 e. The van der Waals surface area contributed by atoms with Crippen molar-refractivity contribution in [1.29, 1.82) is 0 Å². The number of hydrogen-bond acceptors (Lipinski definition) is 4. The summed E-state index contributed by atoms with van der Waals surface area (Å²) in [6.45, 7) is 2.18. The fraction of sp³-hybridized carbons (Fsp3) is 0.353. The van der Waals surface area contributed by atoms with Gasteiger partial charge in [0.15, 0.2) is 0 Å². The Labute approximate surface area is 140 Å². The molecule has 23 heavy (non-hydrogen) atoms. The van der Waals surface area contributed by atoms with Crippen molar-refractivity contribution >= 4 is 17.4 Å². The molecule has 1 aromatic carbocycles. The van der Waals surface area contributed by atoms with Crippen molar-refractivity contribution in [2.24, 2.45) is 0 Å². The SMILES string of the molecule is CCC(NC(=O)NCC(O)c1ccc(OC)cc1)c1cccs1. The monoisotopic (exact) mass is 334 g/mol. The summed E-state index contributed by atoms with van der Waals surface area (Å²) in [6.07, 6.45) is 0.0584. The number of hydrogen-bond donors (Lipinski definition) is 3. The number of carbonyl (C=O) groups is 1. The normalized spacial score (nSPS) is 13.2. The molecule has 5 nitrogen and oxygen atoms in total. The predicted molar refractivity (Wildman–Crippen MR) is 91.8 cm³/mol. The number of urea groups is 1. The van der Waals surface area contributed by atoms with Crippen LogP contribution in [0.2, 0.25) is 0 Å². The molecule has 2 amide bonds. The van der Waals surface area contributed by atoms with Crippen molar-refractivity contribution in [3.05, 3.63) is 52.2 Å². The van der Waals surface area contributed by atoms with Gasteiger partial charge in [-0.05, 0) is 35.6 Å². The third-order valence-corrected chi connectivity index (χ3v) is 4.54. The Morgan fingerprint density at radius 3 is 2.61 bits per heavy atom. The van der Waals surface area contributed by atoms with Crippen molar-refractivity contribution in [2.75, 3.05) is 13.7 Å². The van der Waals surface area contributed by atoms with Crippen molar-refractivity contribution in [3.8, 4) is 5.75 Å². The van der Waals surface area contributed by atoms with Crippen molar-refractivity contribution < 1.29 is 14.6 Å². The summed E-state index contributed by atoms with van der Waals surface area (Å²) >= 11 is 1.62. The Bertz CT molecular complexity index is 599. The number of carbonyl (C=O) groups excluding carboxylic acids is 1. The first kappa shape index (κ1) is 17.3. The molecule has 124 valence electrons. The van der Waals surface area contributed by atoms with Gasteiger partial charge in [-0.2, -0.15) is 0 Å². The highest BCUT2D eigenvalue weighted by Gasteiger charge is 2.15. The number of benzene rings is 1. The van der Waals surface area contributed by atoms with Gasteiger partial charge >= 0.3 is 6.03 Å². The molecular formula is C17H22N2O3S. The van der Waals surface area contributed by atoms with Gasteiger partial charge in [0.25, 0.3) is 0 Å². The molecule has 2 rings (SSSR count). The van der Waals surface area contributed by atoms with Crippen molar-refractivity contribution in [3.63, 3.8) is 0 Å². The highest BCUT2D eigenvalue weighted by molar-refractivity contribution is 7.10. The molecule has 0 fully saturated rings. The first-order valence-electron chi connectivity index (χ1n) is 7.53. The lowest BCUT2D eigenvalue weighted by Gasteiger charge is -2.18. The number of thiophene rings is 1. The molecular weight excluding hydrogens is 312 g/mol. The van der Waals surface area contributed by atoms with Gasteiger partial charge in [0.05, 0.1) is 19.3 Å². The third-order valence-electron chi connectivity index (χ3n) is 3.56. The number of nitrogens with one attached hydrogen (secondary N) is 2. The van der Waals surface area contributed by atoms with Gasteiger partial charge in [-0.3, -0.25) is 0 Å². The van der Waals surface area contributed by atoms with E-state index in [1.807, 2.05) is 24.4 Å². The highest BCUT2D eigenvalue weighted by atomic mass is 32.1. The molecule has 3 N–H and O–H groups in total. The van der Waals surface area contributed by atoms with E-state index < -0.39 is 6.10 Å². The summed E-state index contributed by atoms with van der Waals surface area (Å²) in [7, 11) is 1.59. The largest absolute Gasteiger partial charge is 0.497 e. The minimum Gasteiger partial charge on any atom is -0.497 e. The van der Waals surface area contributed by atoms with E-state index in [1.165, 1.54) is 0 Å². The molecule has 0 saturated carbocycles. The summed E-state index contributed by atoms with van der Waals surface area (Å²) in [5.41, 5.74) is 0.733. The first-order valence-corrected chi connectivity index (χ1v) is 8.41. The van der Waals surface area contributed by atoms with Crippen LogP contribution in [0.5, 0.6) is 5.75 Å². The van der Waals surface area contributed by atoms with Crippen LogP contribution < -0.4 is 15.4 Å². The molecule has 0 bridgehead atoms. The minimum atomic E-state index is -0.756. The molecule has 0 radical (unpaired) electrons.